The SMILES string of the molecule is COc1cnccc1-c1nc2ncc(C(=O)O)cc2[nH]1. The maximum absolute atomic E-state index is 10.9. The van der Waals surface area contributed by atoms with Crippen LogP contribution < -0.4 is 4.74 Å². The number of hydrogen-bond donors (Lipinski definition) is 2. The minimum Gasteiger partial charge on any atom is -0.494 e. The normalized spacial score (nSPS) is 10.7. The quantitative estimate of drug-likeness (QED) is 0.751. The fourth-order valence-corrected chi connectivity index (χ4v) is 1.88. The summed E-state index contributed by atoms with van der Waals surface area (Å²) in [4.78, 5) is 26.3. The number of aromatic carboxylic acids is 1. The summed E-state index contributed by atoms with van der Waals surface area (Å²) in [5.74, 6) is 0.0938. The van der Waals surface area contributed by atoms with Crippen molar-refractivity contribution in [3.63, 3.8) is 0 Å². The van der Waals surface area contributed by atoms with Gasteiger partial charge in [-0.15, -0.1) is 0 Å². The molecule has 7 heteroatoms. The molecule has 3 aromatic heterocycles. The summed E-state index contributed by atoms with van der Waals surface area (Å²) in [5.41, 5.74) is 1.84. The van der Waals surface area contributed by atoms with E-state index in [1.54, 1.807) is 25.6 Å². The smallest absolute Gasteiger partial charge is 0.337 e. The van der Waals surface area contributed by atoms with E-state index in [1.165, 1.54) is 12.3 Å². The molecule has 0 saturated heterocycles. The van der Waals surface area contributed by atoms with Gasteiger partial charge >= 0.3 is 5.97 Å². The first kappa shape index (κ1) is 12.1. The first-order valence-electron chi connectivity index (χ1n) is 5.76. The lowest BCUT2D eigenvalue weighted by atomic mass is 10.2. The van der Waals surface area contributed by atoms with Gasteiger partial charge in [0.1, 0.15) is 11.6 Å². The van der Waals surface area contributed by atoms with Crippen molar-refractivity contribution < 1.29 is 14.6 Å². The summed E-state index contributed by atoms with van der Waals surface area (Å²) in [6, 6.07) is 3.25. The Morgan fingerprint density at radius 2 is 2.25 bits per heavy atom. The zero-order valence-corrected chi connectivity index (χ0v) is 10.5. The molecule has 0 unspecified atom stereocenters. The summed E-state index contributed by atoms with van der Waals surface area (Å²) in [6.45, 7) is 0. The second kappa shape index (κ2) is 4.61. The van der Waals surface area contributed by atoms with Crippen LogP contribution in [-0.2, 0) is 0 Å². The highest BCUT2D eigenvalue weighted by molar-refractivity contribution is 5.91. The Kier molecular flexibility index (Phi) is 2.79. The number of pyridine rings is 2. The summed E-state index contributed by atoms with van der Waals surface area (Å²) in [5, 5.41) is 8.95. The molecule has 0 aliphatic carbocycles. The highest BCUT2D eigenvalue weighted by Gasteiger charge is 2.12. The first-order valence-corrected chi connectivity index (χ1v) is 5.76. The Morgan fingerprint density at radius 1 is 1.40 bits per heavy atom. The number of ether oxygens (including phenoxy) is 1. The van der Waals surface area contributed by atoms with Crippen molar-refractivity contribution in [3.05, 3.63) is 36.3 Å². The third-order valence-electron chi connectivity index (χ3n) is 2.84. The van der Waals surface area contributed by atoms with E-state index >= 15 is 0 Å². The van der Waals surface area contributed by atoms with Crippen molar-refractivity contribution in [2.24, 2.45) is 0 Å². The molecule has 3 aromatic rings. The molecule has 0 bridgehead atoms. The number of nitrogens with zero attached hydrogens (tertiary/aromatic N) is 3. The molecule has 0 amide bonds. The molecule has 7 nitrogen and oxygen atoms in total. The standard InChI is InChI=1S/C13H10N4O3/c1-20-10-6-14-3-2-8(10)11-16-9-4-7(13(18)19)5-15-12(9)17-11/h2-6H,1H3,(H,18,19)(H,15,16,17). The van der Waals surface area contributed by atoms with Crippen molar-refractivity contribution in [1.29, 1.82) is 0 Å². The molecule has 0 aliphatic rings. The number of aromatic nitrogens is 4. The van der Waals surface area contributed by atoms with Crippen LogP contribution in [0.2, 0.25) is 0 Å². The number of nitrogens with one attached hydrogen (secondary N) is 1. The van der Waals surface area contributed by atoms with Crippen LogP contribution in [0.1, 0.15) is 10.4 Å². The van der Waals surface area contributed by atoms with Crippen molar-refractivity contribution in [1.82, 2.24) is 19.9 Å². The maximum Gasteiger partial charge on any atom is 0.337 e. The minimum atomic E-state index is -1.03. The average Bonchev–Trinajstić information content (AvgIpc) is 2.89. The Bertz CT molecular complexity index is 797. The van der Waals surface area contributed by atoms with E-state index in [9.17, 15) is 4.79 Å². The van der Waals surface area contributed by atoms with Gasteiger partial charge < -0.3 is 14.8 Å². The van der Waals surface area contributed by atoms with Gasteiger partial charge in [0.2, 0.25) is 0 Å². The number of hydrogen-bond acceptors (Lipinski definition) is 5. The Labute approximate surface area is 113 Å². The molecule has 0 atom stereocenters. The number of fused-ring (bicyclic) bond motifs is 1. The van der Waals surface area contributed by atoms with Gasteiger partial charge in [-0.2, -0.15) is 0 Å². The zero-order valence-electron chi connectivity index (χ0n) is 10.5. The second-order valence-corrected chi connectivity index (χ2v) is 4.06. The monoisotopic (exact) mass is 270 g/mol. The molecule has 2 N–H and O–H groups in total. The predicted octanol–water partition coefficient (Wildman–Crippen LogP) is 1.73. The van der Waals surface area contributed by atoms with Gasteiger partial charge in [-0.05, 0) is 12.1 Å². The molecular formula is C13H10N4O3. The van der Waals surface area contributed by atoms with Crippen LogP contribution in [0, 0.1) is 0 Å². The molecule has 0 aliphatic heterocycles. The number of carboxylic acids is 1. The van der Waals surface area contributed by atoms with Crippen LogP contribution in [0.4, 0.5) is 0 Å². The first-order chi connectivity index (χ1) is 9.69. The molecule has 3 heterocycles. The summed E-state index contributed by atoms with van der Waals surface area (Å²) >= 11 is 0. The minimum absolute atomic E-state index is 0.106. The van der Waals surface area contributed by atoms with Crippen LogP contribution in [0.5, 0.6) is 5.75 Å². The lowest BCUT2D eigenvalue weighted by Crippen LogP contribution is -1.96. The van der Waals surface area contributed by atoms with Crippen molar-refractivity contribution >= 4 is 17.1 Å². The van der Waals surface area contributed by atoms with E-state index in [-0.39, 0.29) is 5.56 Å². The molecule has 0 saturated carbocycles. The molecular weight excluding hydrogens is 260 g/mol. The summed E-state index contributed by atoms with van der Waals surface area (Å²) in [6.07, 6.45) is 4.48. The van der Waals surface area contributed by atoms with Gasteiger partial charge in [0, 0.05) is 12.4 Å². The Hall–Kier alpha value is -2.96. The lowest BCUT2D eigenvalue weighted by Gasteiger charge is -2.03. The fraction of sp³-hybridized carbons (Fsp3) is 0.0769. The number of H-pyrrole nitrogens is 1. The van der Waals surface area contributed by atoms with E-state index < -0.39 is 5.97 Å². The Balaban J connectivity index is 2.15. The molecule has 20 heavy (non-hydrogen) atoms. The number of imidazole rings is 1. The largest absolute Gasteiger partial charge is 0.494 e. The van der Waals surface area contributed by atoms with Crippen molar-refractivity contribution in [2.75, 3.05) is 7.11 Å². The number of aromatic amines is 1. The van der Waals surface area contributed by atoms with Gasteiger partial charge in [0.05, 0.1) is 30.0 Å². The topological polar surface area (TPSA) is 101 Å². The summed E-state index contributed by atoms with van der Waals surface area (Å²) in [7, 11) is 1.55. The molecule has 0 radical (unpaired) electrons. The third kappa shape index (κ3) is 1.95. The van der Waals surface area contributed by atoms with Crippen LogP contribution in [0.15, 0.2) is 30.7 Å². The van der Waals surface area contributed by atoms with Crippen LogP contribution in [0.25, 0.3) is 22.6 Å². The van der Waals surface area contributed by atoms with E-state index in [2.05, 4.69) is 19.9 Å². The summed E-state index contributed by atoms with van der Waals surface area (Å²) < 4.78 is 5.22. The predicted molar refractivity (Wildman–Crippen MR) is 70.6 cm³/mol. The third-order valence-corrected chi connectivity index (χ3v) is 2.84. The maximum atomic E-state index is 10.9. The number of carbonyl (C=O) groups is 1. The lowest BCUT2D eigenvalue weighted by molar-refractivity contribution is 0.0696. The van der Waals surface area contributed by atoms with Crippen LogP contribution >= 0.6 is 0 Å². The second-order valence-electron chi connectivity index (χ2n) is 4.06. The molecule has 0 spiro atoms. The van der Waals surface area contributed by atoms with Crippen molar-refractivity contribution in [3.8, 4) is 17.1 Å². The zero-order chi connectivity index (χ0) is 14.1. The van der Waals surface area contributed by atoms with E-state index in [1.807, 2.05) is 0 Å². The molecule has 100 valence electrons. The van der Waals surface area contributed by atoms with Gasteiger partial charge in [-0.1, -0.05) is 0 Å². The Morgan fingerprint density at radius 3 is 3.00 bits per heavy atom. The van der Waals surface area contributed by atoms with Crippen LogP contribution in [0.3, 0.4) is 0 Å². The van der Waals surface area contributed by atoms with Gasteiger partial charge in [0.25, 0.3) is 0 Å². The van der Waals surface area contributed by atoms with E-state index in [0.29, 0.717) is 22.7 Å². The van der Waals surface area contributed by atoms with Gasteiger partial charge in [-0.3, -0.25) is 4.98 Å². The van der Waals surface area contributed by atoms with E-state index in [0.717, 1.165) is 5.56 Å². The highest BCUT2D eigenvalue weighted by Crippen LogP contribution is 2.27. The number of methoxy groups -OCH3 is 1. The number of rotatable bonds is 3. The van der Waals surface area contributed by atoms with Crippen molar-refractivity contribution in [2.45, 2.75) is 0 Å². The van der Waals surface area contributed by atoms with Crippen LogP contribution in [-0.4, -0.2) is 38.1 Å². The molecule has 0 aromatic carbocycles. The van der Waals surface area contributed by atoms with E-state index in [4.69, 9.17) is 9.84 Å². The van der Waals surface area contributed by atoms with Gasteiger partial charge in [-0.25, -0.2) is 14.8 Å². The fourth-order valence-electron chi connectivity index (χ4n) is 1.88. The molecule has 0 fully saturated rings. The average molecular weight is 270 g/mol. The highest BCUT2D eigenvalue weighted by atomic mass is 16.5. The molecule has 3 rings (SSSR count). The number of carboxylic acid groups (broad SMARTS) is 1. The van der Waals surface area contributed by atoms with Gasteiger partial charge in [0.15, 0.2) is 5.65 Å².